The van der Waals surface area contributed by atoms with Crippen LogP contribution in [0.3, 0.4) is 0 Å². The quantitative estimate of drug-likeness (QED) is 0.570. The summed E-state index contributed by atoms with van der Waals surface area (Å²) in [7, 11) is 0. The highest BCUT2D eigenvalue weighted by Gasteiger charge is 2.24. The lowest BCUT2D eigenvalue weighted by Crippen LogP contribution is -2.36. The van der Waals surface area contributed by atoms with Crippen molar-refractivity contribution in [2.24, 2.45) is 0 Å². The van der Waals surface area contributed by atoms with Gasteiger partial charge in [-0.15, -0.1) is 0 Å². The second-order valence-corrected chi connectivity index (χ2v) is 8.34. The minimum atomic E-state index is -0.984. The summed E-state index contributed by atoms with van der Waals surface area (Å²) in [5.41, 5.74) is 3.61. The predicted molar refractivity (Wildman–Crippen MR) is 120 cm³/mol. The fourth-order valence-electron chi connectivity index (χ4n) is 4.09. The normalized spacial score (nSPS) is 14.4. The summed E-state index contributed by atoms with van der Waals surface area (Å²) in [4.78, 5) is 24.3. The van der Waals surface area contributed by atoms with E-state index in [0.717, 1.165) is 48.2 Å². The van der Waals surface area contributed by atoms with E-state index in [0.29, 0.717) is 10.7 Å². The molecule has 3 aromatic rings. The summed E-state index contributed by atoms with van der Waals surface area (Å²) in [5.74, 6) is -1.16. The Morgan fingerprint density at radius 1 is 1.03 bits per heavy atom. The lowest BCUT2D eigenvalue weighted by atomic mass is 9.95. The highest BCUT2D eigenvalue weighted by molar-refractivity contribution is 6.30. The molecule has 4 rings (SSSR count). The summed E-state index contributed by atoms with van der Waals surface area (Å²) in [6, 6.07) is 14.0. The van der Waals surface area contributed by atoms with Crippen molar-refractivity contribution in [1.82, 2.24) is 15.1 Å². The number of carboxylic acid groups (broad SMARTS) is 1. The molecule has 1 aliphatic carbocycles. The number of hydrogen-bond donors (Lipinski definition) is 2. The van der Waals surface area contributed by atoms with E-state index in [4.69, 9.17) is 11.6 Å². The molecule has 1 fully saturated rings. The third kappa shape index (κ3) is 4.49. The standard InChI is InChI=1S/C24H24ClN3O3/c1-15-21(23(29)26-19-5-3-2-4-6-19)27-28(20-13-11-18(25)12-14-20)22(15)16-7-9-17(10-8-16)24(30)31/h7-14,19H,2-6H2,1H3,(H,26,29)(H,30,31). The third-order valence-electron chi connectivity index (χ3n) is 5.75. The largest absolute Gasteiger partial charge is 0.478 e. The van der Waals surface area contributed by atoms with E-state index in [2.05, 4.69) is 10.4 Å². The molecule has 0 radical (unpaired) electrons. The van der Waals surface area contributed by atoms with Crippen LogP contribution in [0.2, 0.25) is 5.02 Å². The molecular formula is C24H24ClN3O3. The Bertz CT molecular complexity index is 1100. The van der Waals surface area contributed by atoms with Crippen molar-refractivity contribution >= 4 is 23.5 Å². The molecule has 1 aliphatic rings. The second-order valence-electron chi connectivity index (χ2n) is 7.90. The maximum Gasteiger partial charge on any atom is 0.335 e. The molecule has 0 unspecified atom stereocenters. The number of aromatic carboxylic acids is 1. The first-order chi connectivity index (χ1) is 14.9. The fraction of sp³-hybridized carbons (Fsp3) is 0.292. The minimum Gasteiger partial charge on any atom is -0.478 e. The molecule has 0 bridgehead atoms. The van der Waals surface area contributed by atoms with E-state index in [-0.39, 0.29) is 17.5 Å². The monoisotopic (exact) mass is 437 g/mol. The van der Waals surface area contributed by atoms with Gasteiger partial charge in [-0.3, -0.25) is 4.79 Å². The average Bonchev–Trinajstić information content (AvgIpc) is 3.12. The van der Waals surface area contributed by atoms with Gasteiger partial charge in [-0.2, -0.15) is 5.10 Å². The van der Waals surface area contributed by atoms with Gasteiger partial charge in [0.25, 0.3) is 5.91 Å². The number of rotatable bonds is 5. The summed E-state index contributed by atoms with van der Waals surface area (Å²) in [6.45, 7) is 1.87. The van der Waals surface area contributed by atoms with E-state index < -0.39 is 5.97 Å². The number of benzene rings is 2. The van der Waals surface area contributed by atoms with Gasteiger partial charge in [0, 0.05) is 22.2 Å². The first-order valence-corrected chi connectivity index (χ1v) is 10.8. The van der Waals surface area contributed by atoms with E-state index in [9.17, 15) is 14.7 Å². The molecule has 160 valence electrons. The SMILES string of the molecule is Cc1c(C(=O)NC2CCCCC2)nn(-c2ccc(Cl)cc2)c1-c1ccc(C(=O)O)cc1. The molecule has 2 aromatic carbocycles. The molecule has 1 aromatic heterocycles. The van der Waals surface area contributed by atoms with Crippen molar-refractivity contribution in [2.75, 3.05) is 0 Å². The number of aromatic nitrogens is 2. The maximum atomic E-state index is 13.1. The lowest BCUT2D eigenvalue weighted by molar-refractivity contribution is 0.0696. The third-order valence-corrected chi connectivity index (χ3v) is 6.01. The highest BCUT2D eigenvalue weighted by Crippen LogP contribution is 2.30. The van der Waals surface area contributed by atoms with Crippen LogP contribution in [-0.4, -0.2) is 32.8 Å². The maximum absolute atomic E-state index is 13.1. The zero-order valence-electron chi connectivity index (χ0n) is 17.3. The highest BCUT2D eigenvalue weighted by atomic mass is 35.5. The van der Waals surface area contributed by atoms with Gasteiger partial charge in [-0.1, -0.05) is 43.0 Å². The van der Waals surface area contributed by atoms with Gasteiger partial charge in [0.05, 0.1) is 16.9 Å². The van der Waals surface area contributed by atoms with Gasteiger partial charge in [0.2, 0.25) is 0 Å². The van der Waals surface area contributed by atoms with E-state index in [1.807, 2.05) is 19.1 Å². The summed E-state index contributed by atoms with van der Waals surface area (Å²) in [6.07, 6.45) is 5.46. The molecule has 2 N–H and O–H groups in total. The number of carbonyl (C=O) groups excluding carboxylic acids is 1. The van der Waals surface area contributed by atoms with Crippen LogP contribution in [0.15, 0.2) is 48.5 Å². The number of halogens is 1. The van der Waals surface area contributed by atoms with Crippen molar-refractivity contribution in [3.05, 3.63) is 70.4 Å². The number of carboxylic acids is 1. The van der Waals surface area contributed by atoms with Crippen LogP contribution in [0.25, 0.3) is 16.9 Å². The van der Waals surface area contributed by atoms with Gasteiger partial charge >= 0.3 is 5.97 Å². The lowest BCUT2D eigenvalue weighted by Gasteiger charge is -2.22. The summed E-state index contributed by atoms with van der Waals surface area (Å²) < 4.78 is 1.72. The predicted octanol–water partition coefficient (Wildman–Crippen LogP) is 5.26. The number of amides is 1. The zero-order valence-corrected chi connectivity index (χ0v) is 18.0. The van der Waals surface area contributed by atoms with E-state index >= 15 is 0 Å². The number of nitrogens with zero attached hydrogens (tertiary/aromatic N) is 2. The van der Waals surface area contributed by atoms with Gasteiger partial charge in [0.15, 0.2) is 5.69 Å². The molecule has 1 saturated carbocycles. The Morgan fingerprint density at radius 2 is 1.68 bits per heavy atom. The van der Waals surface area contributed by atoms with Gasteiger partial charge in [0.1, 0.15) is 0 Å². The van der Waals surface area contributed by atoms with Crippen molar-refractivity contribution in [3.63, 3.8) is 0 Å². The molecule has 0 aliphatic heterocycles. The van der Waals surface area contributed by atoms with Crippen LogP contribution in [0.1, 0.15) is 58.5 Å². The summed E-state index contributed by atoms with van der Waals surface area (Å²) >= 11 is 6.05. The van der Waals surface area contributed by atoms with Crippen LogP contribution >= 0.6 is 11.6 Å². The molecule has 0 spiro atoms. The number of hydrogen-bond acceptors (Lipinski definition) is 3. The molecule has 0 saturated heterocycles. The molecule has 0 atom stereocenters. The van der Waals surface area contributed by atoms with Crippen molar-refractivity contribution in [2.45, 2.75) is 45.1 Å². The van der Waals surface area contributed by atoms with Crippen LogP contribution < -0.4 is 5.32 Å². The Labute approximate surface area is 185 Å². The molecule has 1 heterocycles. The molecule has 31 heavy (non-hydrogen) atoms. The fourth-order valence-corrected chi connectivity index (χ4v) is 4.22. The van der Waals surface area contributed by atoms with E-state index in [1.54, 1.807) is 41.1 Å². The molecular weight excluding hydrogens is 414 g/mol. The Balaban J connectivity index is 1.76. The Kier molecular flexibility index (Phi) is 6.09. The van der Waals surface area contributed by atoms with Gasteiger partial charge in [-0.25, -0.2) is 9.48 Å². The van der Waals surface area contributed by atoms with Crippen molar-refractivity contribution < 1.29 is 14.7 Å². The van der Waals surface area contributed by atoms with Crippen LogP contribution in [0.4, 0.5) is 0 Å². The van der Waals surface area contributed by atoms with Crippen molar-refractivity contribution in [1.29, 1.82) is 0 Å². The first-order valence-electron chi connectivity index (χ1n) is 10.4. The Hall–Kier alpha value is -3.12. The zero-order chi connectivity index (χ0) is 22.0. The molecule has 1 amide bonds. The summed E-state index contributed by atoms with van der Waals surface area (Å²) in [5, 5.41) is 17.6. The molecule has 6 nitrogen and oxygen atoms in total. The van der Waals surface area contributed by atoms with E-state index in [1.165, 1.54) is 6.42 Å². The van der Waals surface area contributed by atoms with Gasteiger partial charge < -0.3 is 10.4 Å². The van der Waals surface area contributed by atoms with Crippen LogP contribution in [-0.2, 0) is 0 Å². The second kappa shape index (κ2) is 8.94. The van der Waals surface area contributed by atoms with Crippen LogP contribution in [0.5, 0.6) is 0 Å². The first kappa shape index (κ1) is 21.1. The number of nitrogens with one attached hydrogen (secondary N) is 1. The van der Waals surface area contributed by atoms with Gasteiger partial charge in [-0.05, 0) is 56.2 Å². The molecule has 7 heteroatoms. The number of carbonyl (C=O) groups is 2. The van der Waals surface area contributed by atoms with Crippen molar-refractivity contribution in [3.8, 4) is 16.9 Å². The average molecular weight is 438 g/mol. The smallest absolute Gasteiger partial charge is 0.335 e. The van der Waals surface area contributed by atoms with Crippen LogP contribution in [0, 0.1) is 6.92 Å². The Morgan fingerprint density at radius 3 is 2.29 bits per heavy atom. The topological polar surface area (TPSA) is 84.2 Å². The minimum absolute atomic E-state index is 0.180.